The SMILES string of the molecule is CC(=O)c1ccc(C(=O)NC(C)(C)C(=O)O)cc1. The molecule has 0 aromatic heterocycles. The highest BCUT2D eigenvalue weighted by molar-refractivity contribution is 5.99. The molecule has 0 aliphatic rings. The maximum absolute atomic E-state index is 11.8. The van der Waals surface area contributed by atoms with Crippen LogP contribution in [-0.2, 0) is 4.79 Å². The largest absolute Gasteiger partial charge is 0.480 e. The number of carboxylic acid groups (broad SMARTS) is 1. The van der Waals surface area contributed by atoms with Gasteiger partial charge in [-0.25, -0.2) is 4.79 Å². The minimum absolute atomic E-state index is 0.0900. The Morgan fingerprint density at radius 3 is 1.89 bits per heavy atom. The molecular weight excluding hydrogens is 234 g/mol. The highest BCUT2D eigenvalue weighted by atomic mass is 16.4. The van der Waals surface area contributed by atoms with Gasteiger partial charge >= 0.3 is 5.97 Å². The van der Waals surface area contributed by atoms with Crippen LogP contribution in [0.1, 0.15) is 41.5 Å². The van der Waals surface area contributed by atoms with E-state index < -0.39 is 17.4 Å². The molecule has 0 bridgehead atoms. The number of Topliss-reactive ketones (excluding diaryl/α,β-unsaturated/α-hetero) is 1. The second-order valence-electron chi connectivity index (χ2n) is 4.52. The Morgan fingerprint density at radius 2 is 1.50 bits per heavy atom. The molecular formula is C13H15NO4. The number of rotatable bonds is 4. The van der Waals surface area contributed by atoms with Crippen molar-refractivity contribution in [2.75, 3.05) is 0 Å². The van der Waals surface area contributed by atoms with E-state index in [2.05, 4.69) is 5.32 Å². The highest BCUT2D eigenvalue weighted by Gasteiger charge is 2.29. The second kappa shape index (κ2) is 5.00. The van der Waals surface area contributed by atoms with Crippen LogP contribution in [0.25, 0.3) is 0 Å². The molecule has 1 amide bonds. The van der Waals surface area contributed by atoms with E-state index in [0.29, 0.717) is 11.1 Å². The topological polar surface area (TPSA) is 83.5 Å². The molecule has 2 N–H and O–H groups in total. The predicted molar refractivity (Wildman–Crippen MR) is 65.6 cm³/mol. The fourth-order valence-corrected chi connectivity index (χ4v) is 1.27. The van der Waals surface area contributed by atoms with Crippen molar-refractivity contribution < 1.29 is 19.5 Å². The van der Waals surface area contributed by atoms with Crippen molar-refractivity contribution in [3.63, 3.8) is 0 Å². The number of carboxylic acids is 1. The fraction of sp³-hybridized carbons (Fsp3) is 0.308. The average Bonchev–Trinajstić information content (AvgIpc) is 2.28. The number of carbonyl (C=O) groups excluding carboxylic acids is 2. The summed E-state index contributed by atoms with van der Waals surface area (Å²) >= 11 is 0. The lowest BCUT2D eigenvalue weighted by atomic mass is 10.0. The van der Waals surface area contributed by atoms with Crippen molar-refractivity contribution >= 4 is 17.7 Å². The molecule has 18 heavy (non-hydrogen) atoms. The van der Waals surface area contributed by atoms with Gasteiger partial charge in [0.05, 0.1) is 0 Å². The van der Waals surface area contributed by atoms with Crippen molar-refractivity contribution in [2.24, 2.45) is 0 Å². The van der Waals surface area contributed by atoms with Crippen LogP contribution in [0.15, 0.2) is 24.3 Å². The molecule has 0 fully saturated rings. The molecule has 0 heterocycles. The summed E-state index contributed by atoms with van der Waals surface area (Å²) in [5.41, 5.74) is -0.519. The molecule has 96 valence electrons. The molecule has 5 nitrogen and oxygen atoms in total. The Hall–Kier alpha value is -2.17. The van der Waals surface area contributed by atoms with E-state index in [1.807, 2.05) is 0 Å². The van der Waals surface area contributed by atoms with Gasteiger partial charge in [-0.05, 0) is 32.9 Å². The van der Waals surface area contributed by atoms with Crippen LogP contribution in [0.5, 0.6) is 0 Å². The van der Waals surface area contributed by atoms with Gasteiger partial charge in [0.1, 0.15) is 5.54 Å². The lowest BCUT2D eigenvalue weighted by Gasteiger charge is -2.20. The zero-order valence-corrected chi connectivity index (χ0v) is 10.5. The number of hydrogen-bond acceptors (Lipinski definition) is 3. The standard InChI is InChI=1S/C13H15NO4/c1-8(15)9-4-6-10(7-5-9)11(16)14-13(2,3)12(17)18/h4-7H,1-3H3,(H,14,16)(H,17,18). The first-order valence-corrected chi connectivity index (χ1v) is 5.41. The van der Waals surface area contributed by atoms with Gasteiger partial charge in [-0.3, -0.25) is 9.59 Å². The van der Waals surface area contributed by atoms with Crippen LogP contribution in [0.3, 0.4) is 0 Å². The number of nitrogens with one attached hydrogen (secondary N) is 1. The molecule has 5 heteroatoms. The van der Waals surface area contributed by atoms with Crippen LogP contribution in [-0.4, -0.2) is 28.3 Å². The Morgan fingerprint density at radius 1 is 1.06 bits per heavy atom. The van der Waals surface area contributed by atoms with Crippen molar-refractivity contribution in [2.45, 2.75) is 26.3 Å². The number of carbonyl (C=O) groups is 3. The van der Waals surface area contributed by atoms with E-state index in [0.717, 1.165) is 0 Å². The Labute approximate surface area is 105 Å². The maximum atomic E-state index is 11.8. The second-order valence-corrected chi connectivity index (χ2v) is 4.52. The predicted octanol–water partition coefficient (Wildman–Crippen LogP) is 1.48. The summed E-state index contributed by atoms with van der Waals surface area (Å²) in [5.74, 6) is -1.69. The summed E-state index contributed by atoms with van der Waals surface area (Å²) in [6, 6.07) is 6.05. The van der Waals surface area contributed by atoms with E-state index >= 15 is 0 Å². The van der Waals surface area contributed by atoms with E-state index in [1.165, 1.54) is 45.0 Å². The quantitative estimate of drug-likeness (QED) is 0.792. The Balaban J connectivity index is 2.86. The van der Waals surface area contributed by atoms with Gasteiger partial charge in [0, 0.05) is 11.1 Å². The maximum Gasteiger partial charge on any atom is 0.328 e. The van der Waals surface area contributed by atoms with E-state index in [4.69, 9.17) is 5.11 Å². The number of hydrogen-bond donors (Lipinski definition) is 2. The van der Waals surface area contributed by atoms with Crippen LogP contribution >= 0.6 is 0 Å². The lowest BCUT2D eigenvalue weighted by Crippen LogP contribution is -2.49. The number of aliphatic carboxylic acids is 1. The third-order valence-corrected chi connectivity index (χ3v) is 2.51. The van der Waals surface area contributed by atoms with Crippen molar-refractivity contribution in [1.82, 2.24) is 5.32 Å². The van der Waals surface area contributed by atoms with Crippen molar-refractivity contribution in [3.8, 4) is 0 Å². The van der Waals surface area contributed by atoms with E-state index in [1.54, 1.807) is 0 Å². The molecule has 0 radical (unpaired) electrons. The minimum Gasteiger partial charge on any atom is -0.480 e. The molecule has 0 saturated heterocycles. The smallest absolute Gasteiger partial charge is 0.328 e. The molecule has 1 aromatic rings. The highest BCUT2D eigenvalue weighted by Crippen LogP contribution is 2.08. The first kappa shape index (κ1) is 13.9. The van der Waals surface area contributed by atoms with Gasteiger partial charge in [-0.1, -0.05) is 12.1 Å². The summed E-state index contributed by atoms with van der Waals surface area (Å²) in [7, 11) is 0. The first-order valence-electron chi connectivity index (χ1n) is 5.41. The van der Waals surface area contributed by atoms with Crippen molar-refractivity contribution in [1.29, 1.82) is 0 Å². The van der Waals surface area contributed by atoms with Gasteiger partial charge in [-0.2, -0.15) is 0 Å². The van der Waals surface area contributed by atoms with E-state index in [-0.39, 0.29) is 5.78 Å². The average molecular weight is 249 g/mol. The van der Waals surface area contributed by atoms with Gasteiger partial charge in [0.25, 0.3) is 5.91 Å². The van der Waals surface area contributed by atoms with Crippen LogP contribution in [0.4, 0.5) is 0 Å². The van der Waals surface area contributed by atoms with E-state index in [9.17, 15) is 14.4 Å². The summed E-state index contributed by atoms with van der Waals surface area (Å²) in [6.45, 7) is 4.23. The molecule has 0 aliphatic carbocycles. The Kier molecular flexibility index (Phi) is 3.86. The Bertz CT molecular complexity index is 488. The summed E-state index contributed by atoms with van der Waals surface area (Å²) in [5, 5.41) is 11.3. The first-order chi connectivity index (χ1) is 8.24. The molecule has 0 spiro atoms. The number of ketones is 1. The third-order valence-electron chi connectivity index (χ3n) is 2.51. The molecule has 0 atom stereocenters. The molecule has 1 rings (SSSR count). The molecule has 0 unspecified atom stereocenters. The normalized spacial score (nSPS) is 10.8. The van der Waals surface area contributed by atoms with Gasteiger partial charge < -0.3 is 10.4 Å². The zero-order chi connectivity index (χ0) is 13.9. The third kappa shape index (κ3) is 3.16. The van der Waals surface area contributed by atoms with Crippen molar-refractivity contribution in [3.05, 3.63) is 35.4 Å². The minimum atomic E-state index is -1.34. The van der Waals surface area contributed by atoms with Crippen LogP contribution < -0.4 is 5.32 Å². The molecule has 0 saturated carbocycles. The molecule has 1 aromatic carbocycles. The lowest BCUT2D eigenvalue weighted by molar-refractivity contribution is -0.143. The summed E-state index contributed by atoms with van der Waals surface area (Å²) in [6.07, 6.45) is 0. The summed E-state index contributed by atoms with van der Waals surface area (Å²) < 4.78 is 0. The fourth-order valence-electron chi connectivity index (χ4n) is 1.27. The van der Waals surface area contributed by atoms with Gasteiger partial charge in [0.15, 0.2) is 5.78 Å². The van der Waals surface area contributed by atoms with Gasteiger partial charge in [0.2, 0.25) is 0 Å². The zero-order valence-electron chi connectivity index (χ0n) is 10.5. The van der Waals surface area contributed by atoms with Gasteiger partial charge in [-0.15, -0.1) is 0 Å². The number of benzene rings is 1. The summed E-state index contributed by atoms with van der Waals surface area (Å²) in [4.78, 5) is 33.7. The number of amides is 1. The van der Waals surface area contributed by atoms with Crippen LogP contribution in [0.2, 0.25) is 0 Å². The van der Waals surface area contributed by atoms with Crippen LogP contribution in [0, 0.1) is 0 Å². The monoisotopic (exact) mass is 249 g/mol. The molecule has 0 aliphatic heterocycles.